The predicted octanol–water partition coefficient (Wildman–Crippen LogP) is 2.72. The number of aryl methyl sites for hydroxylation is 2. The molecule has 1 fully saturated rings. The van der Waals surface area contributed by atoms with E-state index in [4.69, 9.17) is 14.7 Å². The molecule has 0 aliphatic carbocycles. The molecule has 1 saturated heterocycles. The van der Waals surface area contributed by atoms with Crippen LogP contribution in [0.4, 0.5) is 0 Å². The third-order valence-corrected chi connectivity index (χ3v) is 3.60. The average Bonchev–Trinajstić information content (AvgIpc) is 2.78. The van der Waals surface area contributed by atoms with Gasteiger partial charge in [-0.3, -0.25) is 4.68 Å². The molecule has 0 bridgehead atoms. The highest BCUT2D eigenvalue weighted by molar-refractivity contribution is 5.81. The van der Waals surface area contributed by atoms with Gasteiger partial charge in [0.2, 0.25) is 0 Å². The van der Waals surface area contributed by atoms with E-state index in [1.54, 1.807) is 0 Å². The van der Waals surface area contributed by atoms with Crippen LogP contribution in [-0.4, -0.2) is 22.4 Å². The van der Waals surface area contributed by atoms with Crippen LogP contribution >= 0.6 is 0 Å². The van der Waals surface area contributed by atoms with Crippen molar-refractivity contribution in [1.82, 2.24) is 9.78 Å². The summed E-state index contributed by atoms with van der Waals surface area (Å²) >= 11 is 0. The molecule has 5 nitrogen and oxygen atoms in total. The maximum atomic E-state index is 9.04. The van der Waals surface area contributed by atoms with Gasteiger partial charge in [0, 0.05) is 18.4 Å². The molecule has 1 aromatic heterocycles. The summed E-state index contributed by atoms with van der Waals surface area (Å²) < 4.78 is 12.8. The van der Waals surface area contributed by atoms with Crippen molar-refractivity contribution in [2.45, 2.75) is 45.8 Å². The number of aromatic nitrogens is 2. The Morgan fingerprint density at radius 2 is 2.20 bits per heavy atom. The molecule has 0 amide bonds. The minimum atomic E-state index is -0.0578. The van der Waals surface area contributed by atoms with Gasteiger partial charge in [-0.1, -0.05) is 0 Å². The molecular formula is C15H17N3O2. The van der Waals surface area contributed by atoms with Crippen LogP contribution < -0.4 is 0 Å². The largest absolute Gasteiger partial charge is 0.324 e. The summed E-state index contributed by atoms with van der Waals surface area (Å²) in [5, 5.41) is 14.4. The maximum Gasteiger partial charge on any atom is 0.163 e. The van der Waals surface area contributed by atoms with E-state index in [0.717, 1.165) is 35.9 Å². The summed E-state index contributed by atoms with van der Waals surface area (Å²) in [6, 6.07) is 6.13. The SMILES string of the molecule is Cc1cc2c(cnn2CCCC2OC(C)O2)cc1C#N. The second kappa shape index (κ2) is 5.23. The fraction of sp³-hybridized carbons (Fsp3) is 0.467. The summed E-state index contributed by atoms with van der Waals surface area (Å²) in [5.41, 5.74) is 2.77. The van der Waals surface area contributed by atoms with Gasteiger partial charge in [-0.15, -0.1) is 0 Å². The number of nitriles is 1. The Balaban J connectivity index is 1.69. The first-order valence-electron chi connectivity index (χ1n) is 6.84. The van der Waals surface area contributed by atoms with Crippen molar-refractivity contribution in [3.8, 4) is 6.07 Å². The lowest BCUT2D eigenvalue weighted by molar-refractivity contribution is -0.377. The molecule has 0 spiro atoms. The van der Waals surface area contributed by atoms with Gasteiger partial charge in [0.25, 0.3) is 0 Å². The molecule has 2 heterocycles. The molecule has 104 valence electrons. The van der Waals surface area contributed by atoms with E-state index in [2.05, 4.69) is 11.2 Å². The van der Waals surface area contributed by atoms with Crippen LogP contribution in [0.2, 0.25) is 0 Å². The number of fused-ring (bicyclic) bond motifs is 1. The molecule has 0 unspecified atom stereocenters. The molecule has 1 aliphatic rings. The molecule has 0 atom stereocenters. The van der Waals surface area contributed by atoms with Gasteiger partial charge in [0.05, 0.1) is 23.3 Å². The summed E-state index contributed by atoms with van der Waals surface area (Å²) in [6.07, 6.45) is 3.53. The van der Waals surface area contributed by atoms with Gasteiger partial charge in [-0.05, 0) is 38.0 Å². The number of ether oxygens (including phenoxy) is 2. The van der Waals surface area contributed by atoms with E-state index in [9.17, 15) is 0 Å². The van der Waals surface area contributed by atoms with Crippen molar-refractivity contribution < 1.29 is 9.47 Å². The minimum absolute atomic E-state index is 0.0567. The highest BCUT2D eigenvalue weighted by Crippen LogP contribution is 2.22. The Morgan fingerprint density at radius 3 is 2.90 bits per heavy atom. The fourth-order valence-electron chi connectivity index (χ4n) is 2.51. The zero-order valence-corrected chi connectivity index (χ0v) is 11.7. The molecule has 2 aromatic rings. The third-order valence-electron chi connectivity index (χ3n) is 3.60. The Morgan fingerprint density at radius 1 is 1.40 bits per heavy atom. The van der Waals surface area contributed by atoms with Gasteiger partial charge in [-0.25, -0.2) is 0 Å². The lowest BCUT2D eigenvalue weighted by Crippen LogP contribution is -2.38. The van der Waals surface area contributed by atoms with Crippen molar-refractivity contribution in [3.05, 3.63) is 29.5 Å². The molecule has 0 saturated carbocycles. The summed E-state index contributed by atoms with van der Waals surface area (Å²) in [5.74, 6) is 0. The molecule has 5 heteroatoms. The molecule has 20 heavy (non-hydrogen) atoms. The van der Waals surface area contributed by atoms with Crippen LogP contribution in [0.25, 0.3) is 10.9 Å². The van der Waals surface area contributed by atoms with E-state index in [0.29, 0.717) is 5.56 Å². The van der Waals surface area contributed by atoms with E-state index in [-0.39, 0.29) is 12.6 Å². The third kappa shape index (κ3) is 2.40. The standard InChI is InChI=1S/C15H17N3O2/c1-10-6-14-13(7-12(10)8-16)9-17-18(14)5-3-4-15-19-11(2)20-15/h6-7,9,11,15H,3-5H2,1-2H3. The minimum Gasteiger partial charge on any atom is -0.324 e. The highest BCUT2D eigenvalue weighted by Gasteiger charge is 2.25. The quantitative estimate of drug-likeness (QED) is 0.857. The van der Waals surface area contributed by atoms with Gasteiger partial charge >= 0.3 is 0 Å². The van der Waals surface area contributed by atoms with Crippen LogP contribution in [0.3, 0.4) is 0 Å². The van der Waals surface area contributed by atoms with Crippen LogP contribution in [0, 0.1) is 18.3 Å². The monoisotopic (exact) mass is 271 g/mol. The lowest BCUT2D eigenvalue weighted by atomic mass is 10.1. The average molecular weight is 271 g/mol. The van der Waals surface area contributed by atoms with Crippen molar-refractivity contribution in [1.29, 1.82) is 5.26 Å². The molecular weight excluding hydrogens is 254 g/mol. The topological polar surface area (TPSA) is 60.1 Å². The zero-order valence-electron chi connectivity index (χ0n) is 11.7. The van der Waals surface area contributed by atoms with Crippen LogP contribution in [0.5, 0.6) is 0 Å². The number of benzene rings is 1. The second-order valence-electron chi connectivity index (χ2n) is 5.12. The number of nitrogens with zero attached hydrogens (tertiary/aromatic N) is 3. The normalized spacial score (nSPS) is 21.6. The molecule has 1 aromatic carbocycles. The van der Waals surface area contributed by atoms with Crippen molar-refractivity contribution in [2.75, 3.05) is 0 Å². The first-order valence-corrected chi connectivity index (χ1v) is 6.84. The van der Waals surface area contributed by atoms with Gasteiger partial charge in [0.15, 0.2) is 12.6 Å². The Kier molecular flexibility index (Phi) is 3.43. The van der Waals surface area contributed by atoms with Crippen LogP contribution in [-0.2, 0) is 16.0 Å². The lowest BCUT2D eigenvalue weighted by Gasteiger charge is -2.33. The molecule has 3 rings (SSSR count). The Hall–Kier alpha value is -1.90. The number of rotatable bonds is 4. The maximum absolute atomic E-state index is 9.04. The molecule has 0 radical (unpaired) electrons. The van der Waals surface area contributed by atoms with Crippen molar-refractivity contribution in [3.63, 3.8) is 0 Å². The van der Waals surface area contributed by atoms with Gasteiger partial charge < -0.3 is 9.47 Å². The van der Waals surface area contributed by atoms with E-state index < -0.39 is 0 Å². The highest BCUT2D eigenvalue weighted by atomic mass is 16.9. The van der Waals surface area contributed by atoms with E-state index >= 15 is 0 Å². The van der Waals surface area contributed by atoms with Crippen molar-refractivity contribution in [2.24, 2.45) is 0 Å². The molecule has 1 aliphatic heterocycles. The zero-order chi connectivity index (χ0) is 14.1. The Bertz CT molecular complexity index is 666. The number of hydrogen-bond acceptors (Lipinski definition) is 4. The van der Waals surface area contributed by atoms with Gasteiger partial charge in [-0.2, -0.15) is 10.4 Å². The van der Waals surface area contributed by atoms with Gasteiger partial charge in [0.1, 0.15) is 0 Å². The van der Waals surface area contributed by atoms with E-state index in [1.807, 2.05) is 36.9 Å². The fourth-order valence-corrected chi connectivity index (χ4v) is 2.51. The molecule has 0 N–H and O–H groups in total. The smallest absolute Gasteiger partial charge is 0.163 e. The Labute approximate surface area is 117 Å². The van der Waals surface area contributed by atoms with Crippen LogP contribution in [0.1, 0.15) is 30.9 Å². The second-order valence-corrected chi connectivity index (χ2v) is 5.12. The predicted molar refractivity (Wildman–Crippen MR) is 73.8 cm³/mol. The van der Waals surface area contributed by atoms with E-state index in [1.165, 1.54) is 0 Å². The first-order chi connectivity index (χ1) is 9.67. The van der Waals surface area contributed by atoms with Crippen LogP contribution in [0.15, 0.2) is 18.3 Å². The summed E-state index contributed by atoms with van der Waals surface area (Å²) in [6.45, 7) is 4.67. The summed E-state index contributed by atoms with van der Waals surface area (Å²) in [7, 11) is 0. The van der Waals surface area contributed by atoms with Crippen molar-refractivity contribution >= 4 is 10.9 Å². The number of hydrogen-bond donors (Lipinski definition) is 0. The summed E-state index contributed by atoms with van der Waals surface area (Å²) in [4.78, 5) is 0. The first kappa shape index (κ1) is 13.1.